The third kappa shape index (κ3) is 55.9. The largest absolute Gasteiger partial charge is 0.482 e. The van der Waals surface area contributed by atoms with Crippen molar-refractivity contribution in [1.82, 2.24) is 20.4 Å². The number of ether oxygens (including phenoxy) is 24. The number of methoxy groups -OCH3 is 1. The lowest BCUT2D eigenvalue weighted by Crippen LogP contribution is -2.42. The fourth-order valence-electron chi connectivity index (χ4n) is 11.9. The van der Waals surface area contributed by atoms with E-state index in [9.17, 15) is 53.1 Å². The van der Waals surface area contributed by atoms with Crippen LogP contribution in [0.4, 0.5) is 0 Å². The van der Waals surface area contributed by atoms with Gasteiger partial charge >= 0.3 is 17.9 Å². The average Bonchev–Trinajstić information content (AvgIpc) is 1.64. The minimum absolute atomic E-state index is 0. The third-order valence-electron chi connectivity index (χ3n) is 18.4. The van der Waals surface area contributed by atoms with Crippen molar-refractivity contribution >= 4 is 59.1 Å². The van der Waals surface area contributed by atoms with E-state index in [1.807, 2.05) is 0 Å². The Hall–Kier alpha value is -9.02. The van der Waals surface area contributed by atoms with Gasteiger partial charge in [0.25, 0.3) is 23.6 Å². The number of Topliss-reactive ketones (excluding diaryl/α,β-unsaturated/α-hetero) is 1. The van der Waals surface area contributed by atoms with Crippen molar-refractivity contribution in [3.8, 4) is 11.5 Å². The van der Waals surface area contributed by atoms with E-state index in [4.69, 9.17) is 114 Å². The van der Waals surface area contributed by atoms with Gasteiger partial charge in [-0.1, -0.05) is 56.0 Å². The molecule has 6 rings (SSSR count). The normalized spacial score (nSPS) is 12.8. The van der Waals surface area contributed by atoms with Crippen LogP contribution in [0.5, 0.6) is 11.5 Å². The number of carbonyl (C=O) groups is 10. The fraction of sp³-hybridized carbons (Fsp3) is 0.642. The number of carbonyl (C=O) groups excluding carboxylic acids is 9. The molecule has 0 fully saturated rings. The summed E-state index contributed by atoms with van der Waals surface area (Å²) in [5.41, 5.74) is 1.83. The molecule has 0 saturated carbocycles. The van der Waals surface area contributed by atoms with Gasteiger partial charge in [0, 0.05) is 39.4 Å². The topological polar surface area (TPSA) is 443 Å². The molecule has 0 aliphatic carbocycles. The zero-order valence-corrected chi connectivity index (χ0v) is 78.3. The second-order valence-electron chi connectivity index (χ2n) is 31.3. The van der Waals surface area contributed by atoms with Gasteiger partial charge in [0.2, 0.25) is 11.8 Å². The molecule has 134 heavy (non-hydrogen) atoms. The number of aliphatic carboxylic acids is 1. The van der Waals surface area contributed by atoms with Crippen LogP contribution in [0.1, 0.15) is 127 Å². The summed E-state index contributed by atoms with van der Waals surface area (Å²) in [6.45, 7) is 25.3. The average molecular weight is 1900 g/mol. The van der Waals surface area contributed by atoms with Crippen molar-refractivity contribution in [2.75, 3.05) is 291 Å². The number of nitrogens with one attached hydrogen (secondary N) is 2. The molecule has 4 aromatic carbocycles. The van der Waals surface area contributed by atoms with Crippen molar-refractivity contribution in [2.45, 2.75) is 111 Å². The van der Waals surface area contributed by atoms with Gasteiger partial charge in [0.15, 0.2) is 19.0 Å². The Morgan fingerprint density at radius 2 is 0.552 bits per heavy atom. The number of hydrogen-bond acceptors (Lipinski definition) is 34. The van der Waals surface area contributed by atoms with Crippen molar-refractivity contribution in [2.24, 2.45) is 0 Å². The van der Waals surface area contributed by atoms with Gasteiger partial charge in [-0.25, -0.2) is 14.4 Å². The maximum atomic E-state index is 13.5. The molecule has 0 spiro atoms. The number of imide groups is 2. The highest BCUT2D eigenvalue weighted by atomic mass is 16.6. The molecule has 6 amide bonds. The summed E-state index contributed by atoms with van der Waals surface area (Å²) < 4.78 is 131. The van der Waals surface area contributed by atoms with E-state index >= 15 is 0 Å². The highest BCUT2D eigenvalue weighted by Gasteiger charge is 2.36. The van der Waals surface area contributed by atoms with Gasteiger partial charge in [0.1, 0.15) is 28.7 Å². The first-order valence-corrected chi connectivity index (χ1v) is 45.0. The molecule has 39 nitrogen and oxygen atoms in total. The maximum Gasteiger partial charge on any atom is 0.344 e. The Balaban J connectivity index is 0.000000646. The van der Waals surface area contributed by atoms with Crippen molar-refractivity contribution in [3.63, 3.8) is 0 Å². The Morgan fingerprint density at radius 3 is 0.813 bits per heavy atom. The fourth-order valence-corrected chi connectivity index (χ4v) is 11.9. The van der Waals surface area contributed by atoms with Crippen molar-refractivity contribution in [1.29, 1.82) is 0 Å². The van der Waals surface area contributed by atoms with Crippen LogP contribution in [0.15, 0.2) is 97.1 Å². The van der Waals surface area contributed by atoms with Gasteiger partial charge in [-0.2, -0.15) is 0 Å². The molecule has 0 saturated heterocycles. The quantitative estimate of drug-likeness (QED) is 0.0249. The van der Waals surface area contributed by atoms with Crippen LogP contribution in [-0.2, 0) is 146 Å². The number of ketones is 1. The molecule has 4 aromatic rings. The summed E-state index contributed by atoms with van der Waals surface area (Å²) in [7, 11) is 1.64. The van der Waals surface area contributed by atoms with Crippen LogP contribution in [-0.4, -0.2) is 388 Å². The first-order chi connectivity index (χ1) is 64.4. The number of hydrogen-bond donors (Lipinski definition) is 3. The van der Waals surface area contributed by atoms with Gasteiger partial charge in [-0.15, -0.1) is 0 Å². The monoisotopic (exact) mass is 1900 g/mol. The predicted molar refractivity (Wildman–Crippen MR) is 486 cm³/mol. The molecule has 2 aliphatic heterocycles. The first kappa shape index (κ1) is 117. The summed E-state index contributed by atoms with van der Waals surface area (Å²) in [6, 6.07) is 25.1. The number of carboxylic acid groups (broad SMARTS) is 1. The minimum atomic E-state index is -1.17. The number of benzene rings is 4. The lowest BCUT2D eigenvalue weighted by atomic mass is 9.99. The molecule has 0 aromatic heterocycles. The van der Waals surface area contributed by atoms with E-state index in [1.165, 1.54) is 9.80 Å². The second-order valence-corrected chi connectivity index (χ2v) is 31.3. The predicted octanol–water partition coefficient (Wildman–Crippen LogP) is 6.27. The van der Waals surface area contributed by atoms with Crippen LogP contribution in [0.3, 0.4) is 0 Å². The van der Waals surface area contributed by atoms with Crippen LogP contribution < -0.4 is 20.1 Å². The van der Waals surface area contributed by atoms with E-state index in [0.717, 1.165) is 5.56 Å². The zero-order chi connectivity index (χ0) is 96.0. The van der Waals surface area contributed by atoms with Gasteiger partial charge in [-0.05, 0) is 114 Å². The van der Waals surface area contributed by atoms with Crippen LogP contribution in [0, 0.1) is 0 Å². The van der Waals surface area contributed by atoms with Gasteiger partial charge in [0.05, 0.1) is 292 Å². The summed E-state index contributed by atoms with van der Waals surface area (Å²) in [4.78, 5) is 126. The molecule has 0 unspecified atom stereocenters. The number of amides is 6. The molecule has 39 heteroatoms. The summed E-state index contributed by atoms with van der Waals surface area (Å²) in [5, 5.41) is 15.0. The van der Waals surface area contributed by atoms with E-state index in [0.29, 0.717) is 251 Å². The highest BCUT2D eigenvalue weighted by Crippen LogP contribution is 2.25. The Kier molecular flexibility index (Phi) is 64.1. The number of esters is 2. The Bertz CT molecular complexity index is 3810. The van der Waals surface area contributed by atoms with Gasteiger partial charge < -0.3 is 129 Å². The summed E-state index contributed by atoms with van der Waals surface area (Å²) in [5.74, 6) is -3.47. The molecule has 3 N–H and O–H groups in total. The molecule has 2 atom stereocenters. The molecular formula is C95H144N4O35. The molecule has 754 valence electrons. The Labute approximate surface area is 786 Å². The second kappa shape index (κ2) is 73.3. The van der Waals surface area contributed by atoms with E-state index in [-0.39, 0.29) is 154 Å². The number of nitrogens with zero attached hydrogens (tertiary/aromatic N) is 2. The molecular weight excluding hydrogens is 1760 g/mol. The molecule has 0 bridgehead atoms. The lowest BCUT2D eigenvalue weighted by molar-refractivity contribution is -0.158. The smallest absolute Gasteiger partial charge is 0.344 e. The summed E-state index contributed by atoms with van der Waals surface area (Å²) in [6.07, 6.45) is 0.952. The maximum absolute atomic E-state index is 13.5. The van der Waals surface area contributed by atoms with E-state index < -0.39 is 47.1 Å². The highest BCUT2D eigenvalue weighted by molar-refractivity contribution is 6.22. The standard InChI is InChI=1S/C60H96N2O23.C34H44N2O12.CH4/c1-60(2,3)85-57(65)49-84-51-13-11-50(12-14-51)48-54(61-56(64)15-18-70-23-26-74-31-32-75-27-24-71-19-16-62-58(66)52-8-5-6-9-53(52)59(62)67)55(63)10-7-17-69-22-25-73-30-33-77-36-37-79-40-41-81-44-45-83-47-46-82-43-42-80-39-38-78-35-34-76-29-28-72-21-20-68-4;1-34(2,3)48-30(38)23-47-25-10-8-24(9-11-25)22-28(33(41)42)35-29(37)12-14-43-16-18-45-20-21-46-19-17-44-15-13-36-31(39)26-6-4-5-7-27(26)32(36)40;/h5-6,8-9,11-14,54H,7,10,15-49H2,1-4H3,(H,61,64);4-11,28H,12-23H2,1-3H3,(H,35,37)(H,41,42);1H4/t54-;28-;/m00./s1. The number of rotatable bonds is 81. The number of carboxylic acids is 1. The SMILES string of the molecule is C.CC(C)(C)OC(=O)COc1ccc(C[C@H](NC(=O)CCOCCOCCOCCOCCN2C(=O)c3ccccc3C2=O)C(=O)O)cc1.COCCOCCOCCOCCOCCOCCOCCOCCOCCOCCOCCOCCCC(=O)[C@H](Cc1ccc(OCC(=O)OC(C)(C)C)cc1)NC(=O)CCOCCOCCOCCOCCN1C(=O)c2ccccc2C1=O. The van der Waals surface area contributed by atoms with Crippen LogP contribution in [0.2, 0.25) is 0 Å². The Morgan fingerprint density at radius 1 is 0.313 bits per heavy atom. The minimum Gasteiger partial charge on any atom is -0.482 e. The molecule has 2 heterocycles. The lowest BCUT2D eigenvalue weighted by Gasteiger charge is -2.20. The van der Waals surface area contributed by atoms with Crippen molar-refractivity contribution < 1.29 is 167 Å². The van der Waals surface area contributed by atoms with Crippen LogP contribution in [0.25, 0.3) is 0 Å². The first-order valence-electron chi connectivity index (χ1n) is 45.0. The van der Waals surface area contributed by atoms with Crippen molar-refractivity contribution in [3.05, 3.63) is 130 Å². The van der Waals surface area contributed by atoms with Crippen LogP contribution >= 0.6 is 0 Å². The van der Waals surface area contributed by atoms with E-state index in [2.05, 4.69) is 10.6 Å². The van der Waals surface area contributed by atoms with E-state index in [1.54, 1.807) is 146 Å². The molecule has 2 aliphatic rings. The summed E-state index contributed by atoms with van der Waals surface area (Å²) >= 11 is 0. The zero-order valence-electron chi connectivity index (χ0n) is 78.3. The molecule has 0 radical (unpaired) electrons. The van der Waals surface area contributed by atoms with Gasteiger partial charge in [-0.3, -0.25) is 43.4 Å². The third-order valence-corrected chi connectivity index (χ3v) is 18.4. The number of fused-ring (bicyclic) bond motifs is 2.